The molecular formula is C8H10O3. The molecule has 3 nitrogen and oxygen atoms in total. The van der Waals surface area contributed by atoms with E-state index in [2.05, 4.69) is 0 Å². The zero-order valence-corrected chi connectivity index (χ0v) is 6.15. The molecule has 0 aliphatic rings. The maximum Gasteiger partial charge on any atom is 0.163 e. The molecule has 60 valence electrons. The molecule has 0 saturated carbocycles. The van der Waals surface area contributed by atoms with Crippen LogP contribution < -0.4 is 0 Å². The van der Waals surface area contributed by atoms with E-state index in [1.807, 2.05) is 0 Å². The number of rotatable bonds is 1. The summed E-state index contributed by atoms with van der Waals surface area (Å²) in [5.74, 6) is -0.453. The molecule has 1 aromatic rings. The Morgan fingerprint density at radius 3 is 2.36 bits per heavy atom. The lowest BCUT2D eigenvalue weighted by atomic mass is 10.1. The van der Waals surface area contributed by atoms with E-state index in [0.717, 1.165) is 0 Å². The van der Waals surface area contributed by atoms with Crippen LogP contribution in [-0.4, -0.2) is 15.3 Å². The minimum Gasteiger partial charge on any atom is -0.504 e. The fourth-order valence-electron chi connectivity index (χ4n) is 0.886. The Labute approximate surface area is 64.5 Å². The largest absolute Gasteiger partial charge is 0.504 e. The van der Waals surface area contributed by atoms with Gasteiger partial charge in [-0.15, -0.1) is 0 Å². The fourth-order valence-corrected chi connectivity index (χ4v) is 0.886. The molecule has 0 radical (unpaired) electrons. The Hall–Kier alpha value is -1.22. The molecule has 0 heterocycles. The number of hydrogen-bond donors (Lipinski definition) is 3. The molecule has 0 unspecified atom stereocenters. The predicted molar refractivity (Wildman–Crippen MR) is 40.4 cm³/mol. The summed E-state index contributed by atoms with van der Waals surface area (Å²) in [7, 11) is 0. The second-order valence-corrected chi connectivity index (χ2v) is 2.39. The third kappa shape index (κ3) is 1.43. The second kappa shape index (κ2) is 2.80. The van der Waals surface area contributed by atoms with Crippen LogP contribution >= 0.6 is 0 Å². The first kappa shape index (κ1) is 7.88. The van der Waals surface area contributed by atoms with Crippen LogP contribution in [0.4, 0.5) is 0 Å². The second-order valence-electron chi connectivity index (χ2n) is 2.39. The van der Waals surface area contributed by atoms with Crippen LogP contribution in [0.25, 0.3) is 0 Å². The SMILES string of the molecule is C[C@@H](O)c1cccc(O)c1O. The minimum atomic E-state index is -0.762. The summed E-state index contributed by atoms with van der Waals surface area (Å²) in [6, 6.07) is 4.48. The number of para-hydroxylation sites is 1. The van der Waals surface area contributed by atoms with Gasteiger partial charge in [-0.1, -0.05) is 12.1 Å². The molecular weight excluding hydrogens is 144 g/mol. The summed E-state index contributed by atoms with van der Waals surface area (Å²) in [6.07, 6.45) is -0.762. The molecule has 3 N–H and O–H groups in total. The van der Waals surface area contributed by atoms with Crippen LogP contribution in [0, 0.1) is 0 Å². The average Bonchev–Trinajstić information content (AvgIpc) is 1.94. The molecule has 11 heavy (non-hydrogen) atoms. The molecule has 0 aliphatic heterocycles. The normalized spacial score (nSPS) is 12.9. The number of aliphatic hydroxyl groups excluding tert-OH is 1. The van der Waals surface area contributed by atoms with Crippen molar-refractivity contribution in [3.63, 3.8) is 0 Å². The van der Waals surface area contributed by atoms with E-state index < -0.39 is 6.10 Å². The maximum absolute atomic E-state index is 9.16. The van der Waals surface area contributed by atoms with Crippen molar-refractivity contribution in [1.29, 1.82) is 0 Å². The highest BCUT2D eigenvalue weighted by Crippen LogP contribution is 2.31. The Bertz CT molecular complexity index is 256. The number of benzene rings is 1. The van der Waals surface area contributed by atoms with E-state index in [1.54, 1.807) is 12.1 Å². The molecule has 1 aromatic carbocycles. The van der Waals surface area contributed by atoms with Crippen LogP contribution in [-0.2, 0) is 0 Å². The van der Waals surface area contributed by atoms with Crippen LogP contribution in [0.1, 0.15) is 18.6 Å². The average molecular weight is 154 g/mol. The zero-order valence-electron chi connectivity index (χ0n) is 6.15. The zero-order chi connectivity index (χ0) is 8.43. The van der Waals surface area contributed by atoms with Gasteiger partial charge in [0.2, 0.25) is 0 Å². The number of phenolic OH excluding ortho intramolecular Hbond substituents is 2. The highest BCUT2D eigenvalue weighted by atomic mass is 16.3. The summed E-state index contributed by atoms with van der Waals surface area (Å²) < 4.78 is 0. The van der Waals surface area contributed by atoms with E-state index in [9.17, 15) is 0 Å². The van der Waals surface area contributed by atoms with Gasteiger partial charge in [0, 0.05) is 5.56 Å². The van der Waals surface area contributed by atoms with E-state index in [4.69, 9.17) is 15.3 Å². The van der Waals surface area contributed by atoms with Crippen molar-refractivity contribution in [2.24, 2.45) is 0 Å². The first-order valence-corrected chi connectivity index (χ1v) is 3.32. The minimum absolute atomic E-state index is 0.205. The van der Waals surface area contributed by atoms with Crippen molar-refractivity contribution in [2.45, 2.75) is 13.0 Å². The Kier molecular flexibility index (Phi) is 2.01. The van der Waals surface area contributed by atoms with Gasteiger partial charge in [-0.2, -0.15) is 0 Å². The molecule has 0 bridgehead atoms. The van der Waals surface area contributed by atoms with E-state index in [-0.39, 0.29) is 11.5 Å². The quantitative estimate of drug-likeness (QED) is 0.532. The van der Waals surface area contributed by atoms with Crippen molar-refractivity contribution in [3.8, 4) is 11.5 Å². The van der Waals surface area contributed by atoms with Crippen molar-refractivity contribution < 1.29 is 15.3 Å². The summed E-state index contributed by atoms with van der Waals surface area (Å²) in [4.78, 5) is 0. The van der Waals surface area contributed by atoms with E-state index in [1.165, 1.54) is 13.0 Å². The Balaban J connectivity index is 3.17. The monoisotopic (exact) mass is 154 g/mol. The number of aliphatic hydroxyl groups is 1. The summed E-state index contributed by atoms with van der Waals surface area (Å²) in [5, 5.41) is 27.2. The van der Waals surface area contributed by atoms with Crippen molar-refractivity contribution in [1.82, 2.24) is 0 Å². The standard InChI is InChI=1S/C8H10O3/c1-5(9)6-3-2-4-7(10)8(6)11/h2-5,9-11H,1H3/t5-/m1/s1. The topological polar surface area (TPSA) is 60.7 Å². The lowest BCUT2D eigenvalue weighted by molar-refractivity contribution is 0.194. The third-order valence-corrected chi connectivity index (χ3v) is 1.50. The predicted octanol–water partition coefficient (Wildman–Crippen LogP) is 1.15. The van der Waals surface area contributed by atoms with Crippen molar-refractivity contribution >= 4 is 0 Å². The van der Waals surface area contributed by atoms with Gasteiger partial charge in [-0.3, -0.25) is 0 Å². The molecule has 0 aliphatic carbocycles. The first-order chi connectivity index (χ1) is 5.13. The van der Waals surface area contributed by atoms with Gasteiger partial charge >= 0.3 is 0 Å². The summed E-state index contributed by atoms with van der Waals surface area (Å²) in [5.41, 5.74) is 0.338. The molecule has 0 amide bonds. The first-order valence-electron chi connectivity index (χ1n) is 3.32. The maximum atomic E-state index is 9.16. The van der Waals surface area contributed by atoms with E-state index >= 15 is 0 Å². The van der Waals surface area contributed by atoms with Crippen LogP contribution in [0.15, 0.2) is 18.2 Å². The van der Waals surface area contributed by atoms with Gasteiger partial charge in [-0.25, -0.2) is 0 Å². The van der Waals surface area contributed by atoms with Gasteiger partial charge in [0.05, 0.1) is 6.10 Å². The van der Waals surface area contributed by atoms with E-state index in [0.29, 0.717) is 5.56 Å². The van der Waals surface area contributed by atoms with Gasteiger partial charge in [-0.05, 0) is 13.0 Å². The highest BCUT2D eigenvalue weighted by molar-refractivity contribution is 5.45. The number of aromatic hydroxyl groups is 2. The highest BCUT2D eigenvalue weighted by Gasteiger charge is 2.09. The van der Waals surface area contributed by atoms with Gasteiger partial charge < -0.3 is 15.3 Å². The fraction of sp³-hybridized carbons (Fsp3) is 0.250. The lowest BCUT2D eigenvalue weighted by Crippen LogP contribution is -1.90. The molecule has 3 heteroatoms. The van der Waals surface area contributed by atoms with Crippen LogP contribution in [0.3, 0.4) is 0 Å². The lowest BCUT2D eigenvalue weighted by Gasteiger charge is -2.07. The van der Waals surface area contributed by atoms with Crippen LogP contribution in [0.5, 0.6) is 11.5 Å². The van der Waals surface area contributed by atoms with Gasteiger partial charge in [0.1, 0.15) is 0 Å². The number of hydrogen-bond acceptors (Lipinski definition) is 3. The molecule has 1 rings (SSSR count). The summed E-state index contributed by atoms with van der Waals surface area (Å²) in [6.45, 7) is 1.52. The Morgan fingerprint density at radius 2 is 1.91 bits per heavy atom. The van der Waals surface area contributed by atoms with Crippen molar-refractivity contribution in [2.75, 3.05) is 0 Å². The Morgan fingerprint density at radius 1 is 1.27 bits per heavy atom. The van der Waals surface area contributed by atoms with Crippen molar-refractivity contribution in [3.05, 3.63) is 23.8 Å². The molecule has 0 spiro atoms. The van der Waals surface area contributed by atoms with Gasteiger partial charge in [0.25, 0.3) is 0 Å². The van der Waals surface area contributed by atoms with Crippen LogP contribution in [0.2, 0.25) is 0 Å². The molecule has 1 atom stereocenters. The molecule has 0 fully saturated rings. The number of phenols is 2. The van der Waals surface area contributed by atoms with Gasteiger partial charge in [0.15, 0.2) is 11.5 Å². The molecule has 0 saturated heterocycles. The smallest absolute Gasteiger partial charge is 0.163 e. The third-order valence-electron chi connectivity index (χ3n) is 1.50. The summed E-state index contributed by atoms with van der Waals surface area (Å²) >= 11 is 0. The molecule has 0 aromatic heterocycles.